The first-order valence-corrected chi connectivity index (χ1v) is 9.63. The van der Waals surface area contributed by atoms with Gasteiger partial charge in [0.15, 0.2) is 10.8 Å². The number of fused-ring (bicyclic) bond motifs is 1. The zero-order valence-corrected chi connectivity index (χ0v) is 15.7. The first kappa shape index (κ1) is 19.3. The highest BCUT2D eigenvalue weighted by atomic mass is 35.5. The molecule has 0 spiro atoms. The number of aromatic nitrogens is 3. The standard InChI is InChI=1S/C16H18ClF3N4OS/c1-23(11-5-3-2-4-6-11)13(25)9-26-15-22-21-14-12(17)7-10(8-24(14)15)16(18,19)20/h7-8,11H,2-6,9H2,1H3. The molecule has 1 fully saturated rings. The lowest BCUT2D eigenvalue weighted by molar-refractivity contribution is -0.138. The molecule has 0 aromatic carbocycles. The first-order valence-electron chi connectivity index (χ1n) is 8.27. The quantitative estimate of drug-likeness (QED) is 0.711. The van der Waals surface area contributed by atoms with Crippen LogP contribution >= 0.6 is 23.4 Å². The van der Waals surface area contributed by atoms with Crippen molar-refractivity contribution in [2.24, 2.45) is 0 Å². The molecule has 0 radical (unpaired) electrons. The second-order valence-corrected chi connectivity index (χ2v) is 7.69. The van der Waals surface area contributed by atoms with E-state index in [-0.39, 0.29) is 33.5 Å². The molecule has 2 aromatic rings. The number of halogens is 4. The fraction of sp³-hybridized carbons (Fsp3) is 0.562. The van der Waals surface area contributed by atoms with Gasteiger partial charge in [-0.3, -0.25) is 9.20 Å². The third-order valence-corrected chi connectivity index (χ3v) is 5.80. The molecular weight excluding hydrogens is 389 g/mol. The predicted octanol–water partition coefficient (Wildman–Crippen LogP) is 4.28. The van der Waals surface area contributed by atoms with Gasteiger partial charge in [-0.1, -0.05) is 42.6 Å². The van der Waals surface area contributed by atoms with Gasteiger partial charge in [-0.25, -0.2) is 0 Å². The average Bonchev–Trinajstić information content (AvgIpc) is 3.02. The minimum absolute atomic E-state index is 0.0725. The molecule has 10 heteroatoms. The second kappa shape index (κ2) is 7.64. The van der Waals surface area contributed by atoms with Crippen molar-refractivity contribution in [3.63, 3.8) is 0 Å². The number of amides is 1. The number of thioether (sulfide) groups is 1. The maximum atomic E-state index is 13.0. The van der Waals surface area contributed by atoms with Crippen LogP contribution in [0.3, 0.4) is 0 Å². The van der Waals surface area contributed by atoms with Crippen LogP contribution in [0.1, 0.15) is 37.7 Å². The first-order chi connectivity index (χ1) is 12.3. The van der Waals surface area contributed by atoms with Gasteiger partial charge in [0, 0.05) is 19.3 Å². The number of alkyl halides is 3. The zero-order chi connectivity index (χ0) is 18.9. The van der Waals surface area contributed by atoms with Crippen molar-refractivity contribution in [3.8, 4) is 0 Å². The van der Waals surface area contributed by atoms with Crippen LogP contribution in [0.15, 0.2) is 17.4 Å². The Morgan fingerprint density at radius 1 is 1.35 bits per heavy atom. The van der Waals surface area contributed by atoms with Crippen LogP contribution in [0.4, 0.5) is 13.2 Å². The molecule has 0 saturated heterocycles. The minimum atomic E-state index is -4.53. The Hall–Kier alpha value is -1.48. The van der Waals surface area contributed by atoms with Gasteiger partial charge in [-0.2, -0.15) is 13.2 Å². The monoisotopic (exact) mass is 406 g/mol. The van der Waals surface area contributed by atoms with E-state index in [1.165, 1.54) is 10.8 Å². The molecule has 1 amide bonds. The maximum Gasteiger partial charge on any atom is 0.417 e. The summed E-state index contributed by atoms with van der Waals surface area (Å²) in [5.74, 6) is 0.0125. The zero-order valence-electron chi connectivity index (χ0n) is 14.1. The molecule has 5 nitrogen and oxygen atoms in total. The number of hydrogen-bond acceptors (Lipinski definition) is 4. The Morgan fingerprint density at radius 3 is 2.69 bits per heavy atom. The summed E-state index contributed by atoms with van der Waals surface area (Å²) in [6.07, 6.45) is 1.78. The Balaban J connectivity index is 1.74. The molecule has 0 aliphatic heterocycles. The van der Waals surface area contributed by atoms with E-state index in [1.807, 2.05) is 0 Å². The van der Waals surface area contributed by atoms with Gasteiger partial charge < -0.3 is 4.90 Å². The number of rotatable bonds is 4. The lowest BCUT2D eigenvalue weighted by Crippen LogP contribution is -2.39. The van der Waals surface area contributed by atoms with Crippen LogP contribution in [-0.4, -0.2) is 44.2 Å². The number of pyridine rings is 1. The van der Waals surface area contributed by atoms with E-state index in [1.54, 1.807) is 11.9 Å². The molecule has 3 rings (SSSR count). The number of nitrogens with zero attached hydrogens (tertiary/aromatic N) is 4. The number of hydrogen-bond donors (Lipinski definition) is 0. The summed E-state index contributed by atoms with van der Waals surface area (Å²) >= 11 is 6.95. The van der Waals surface area contributed by atoms with Crippen LogP contribution in [0, 0.1) is 0 Å². The molecule has 0 atom stereocenters. The summed E-state index contributed by atoms with van der Waals surface area (Å²) in [7, 11) is 1.78. The van der Waals surface area contributed by atoms with Crippen molar-refractivity contribution < 1.29 is 18.0 Å². The van der Waals surface area contributed by atoms with Gasteiger partial charge in [0.2, 0.25) is 5.91 Å². The highest BCUT2D eigenvalue weighted by molar-refractivity contribution is 7.99. The third kappa shape index (κ3) is 4.09. The van der Waals surface area contributed by atoms with Gasteiger partial charge in [0.05, 0.1) is 16.3 Å². The SMILES string of the molecule is CN(C(=O)CSc1nnc2c(Cl)cc(C(F)(F)F)cn12)C1CCCCC1. The second-order valence-electron chi connectivity index (χ2n) is 6.34. The van der Waals surface area contributed by atoms with Gasteiger partial charge in [0.25, 0.3) is 0 Å². The summed E-state index contributed by atoms with van der Waals surface area (Å²) < 4.78 is 40.1. The maximum absolute atomic E-state index is 13.0. The van der Waals surface area contributed by atoms with Gasteiger partial charge >= 0.3 is 6.18 Å². The van der Waals surface area contributed by atoms with Crippen molar-refractivity contribution in [1.29, 1.82) is 0 Å². The summed E-state index contributed by atoms with van der Waals surface area (Å²) in [5.41, 5.74) is -0.752. The molecule has 1 aliphatic rings. The van der Waals surface area contributed by atoms with E-state index in [0.717, 1.165) is 49.7 Å². The molecule has 0 unspecified atom stereocenters. The fourth-order valence-corrected chi connectivity index (χ4v) is 4.17. The molecule has 1 aliphatic carbocycles. The summed E-state index contributed by atoms with van der Waals surface area (Å²) in [5, 5.41) is 7.77. The van der Waals surface area contributed by atoms with Crippen molar-refractivity contribution in [2.45, 2.75) is 49.5 Å². The van der Waals surface area contributed by atoms with E-state index < -0.39 is 11.7 Å². The van der Waals surface area contributed by atoms with E-state index >= 15 is 0 Å². The topological polar surface area (TPSA) is 50.5 Å². The molecule has 2 heterocycles. The lowest BCUT2D eigenvalue weighted by atomic mass is 9.94. The smallest absolute Gasteiger partial charge is 0.342 e. The highest BCUT2D eigenvalue weighted by Gasteiger charge is 2.32. The molecule has 0 bridgehead atoms. The number of carbonyl (C=O) groups excluding carboxylic acids is 1. The third-order valence-electron chi connectivity index (χ3n) is 4.60. The van der Waals surface area contributed by atoms with E-state index in [2.05, 4.69) is 10.2 Å². The number of carbonyl (C=O) groups is 1. The van der Waals surface area contributed by atoms with Crippen LogP contribution < -0.4 is 0 Å². The fourth-order valence-electron chi connectivity index (χ4n) is 3.09. The van der Waals surface area contributed by atoms with Gasteiger partial charge in [0.1, 0.15) is 0 Å². The Bertz CT molecular complexity index is 805. The van der Waals surface area contributed by atoms with E-state index in [4.69, 9.17) is 11.6 Å². The summed E-state index contributed by atoms with van der Waals surface area (Å²) in [6, 6.07) is 1.06. The lowest BCUT2D eigenvalue weighted by Gasteiger charge is -2.31. The van der Waals surface area contributed by atoms with Crippen molar-refractivity contribution in [2.75, 3.05) is 12.8 Å². The Kier molecular flexibility index (Phi) is 5.67. The predicted molar refractivity (Wildman–Crippen MR) is 93.4 cm³/mol. The van der Waals surface area contributed by atoms with Gasteiger partial charge in [-0.05, 0) is 18.9 Å². The summed E-state index contributed by atoms with van der Waals surface area (Å²) in [6.45, 7) is 0. The van der Waals surface area contributed by atoms with Crippen LogP contribution in [0.25, 0.3) is 5.65 Å². The minimum Gasteiger partial charge on any atom is -0.342 e. The molecular formula is C16H18ClF3N4OS. The Morgan fingerprint density at radius 2 is 2.04 bits per heavy atom. The molecule has 2 aromatic heterocycles. The van der Waals surface area contributed by atoms with E-state index in [0.29, 0.717) is 0 Å². The average molecular weight is 407 g/mol. The highest BCUT2D eigenvalue weighted by Crippen LogP contribution is 2.33. The normalized spacial score (nSPS) is 16.2. The summed E-state index contributed by atoms with van der Waals surface area (Å²) in [4.78, 5) is 14.1. The van der Waals surface area contributed by atoms with Crippen molar-refractivity contribution >= 4 is 34.9 Å². The van der Waals surface area contributed by atoms with Crippen molar-refractivity contribution in [3.05, 3.63) is 22.8 Å². The van der Waals surface area contributed by atoms with E-state index in [9.17, 15) is 18.0 Å². The van der Waals surface area contributed by atoms with Crippen LogP contribution in [0.2, 0.25) is 5.02 Å². The molecule has 0 N–H and O–H groups in total. The van der Waals surface area contributed by atoms with Gasteiger partial charge in [-0.15, -0.1) is 10.2 Å². The molecule has 1 saturated carbocycles. The molecule has 142 valence electrons. The van der Waals surface area contributed by atoms with Crippen LogP contribution in [0.5, 0.6) is 0 Å². The van der Waals surface area contributed by atoms with Crippen LogP contribution in [-0.2, 0) is 11.0 Å². The Labute approximate surface area is 157 Å². The molecule has 26 heavy (non-hydrogen) atoms. The van der Waals surface area contributed by atoms with Crippen molar-refractivity contribution in [1.82, 2.24) is 19.5 Å². The largest absolute Gasteiger partial charge is 0.417 e.